The molecule has 2 aromatic heterocycles. The Bertz CT molecular complexity index is 1090. The molecule has 3 N–H and O–H groups in total. The lowest BCUT2D eigenvalue weighted by Crippen LogP contribution is -2.26. The minimum atomic E-state index is -3.68. The van der Waals surface area contributed by atoms with Crippen molar-refractivity contribution in [2.24, 2.45) is 0 Å². The third-order valence-corrected chi connectivity index (χ3v) is 5.76. The number of rotatable bonds is 4. The number of anilines is 1. The van der Waals surface area contributed by atoms with Gasteiger partial charge in [-0.3, -0.25) is 4.79 Å². The molecule has 0 aliphatic heterocycles. The number of aryl methyl sites for hydroxylation is 1. The van der Waals surface area contributed by atoms with Gasteiger partial charge in [0.2, 0.25) is 10.0 Å². The van der Waals surface area contributed by atoms with E-state index in [-0.39, 0.29) is 17.0 Å². The number of hydrogen-bond donors (Lipinski definition) is 2. The molecule has 25 heavy (non-hydrogen) atoms. The van der Waals surface area contributed by atoms with E-state index in [1.54, 1.807) is 43.5 Å². The quantitative estimate of drug-likeness (QED) is 0.737. The molecule has 0 saturated carbocycles. The van der Waals surface area contributed by atoms with Crippen LogP contribution in [-0.2, 0) is 16.6 Å². The first-order chi connectivity index (χ1) is 11.8. The average Bonchev–Trinajstić information content (AvgIpc) is 2.57. The second-order valence-corrected chi connectivity index (χ2v) is 7.93. The Morgan fingerprint density at radius 2 is 1.96 bits per heavy atom. The summed E-state index contributed by atoms with van der Waals surface area (Å²) in [4.78, 5) is 18.5. The minimum absolute atomic E-state index is 0.164. The van der Waals surface area contributed by atoms with Gasteiger partial charge < -0.3 is 10.7 Å². The molecule has 0 bridgehead atoms. The Kier molecular flexibility index (Phi) is 4.32. The van der Waals surface area contributed by atoms with Gasteiger partial charge in [-0.1, -0.05) is 6.07 Å². The fraction of sp³-hybridized carbons (Fsp3) is 0.176. The minimum Gasteiger partial charge on any atom is -0.384 e. The predicted octanol–water partition coefficient (Wildman–Crippen LogP) is 1.63. The van der Waals surface area contributed by atoms with Crippen LogP contribution in [0.5, 0.6) is 0 Å². The van der Waals surface area contributed by atoms with E-state index in [0.717, 1.165) is 5.56 Å². The first-order valence-electron chi connectivity index (χ1n) is 7.58. The lowest BCUT2D eigenvalue weighted by molar-refractivity contribution is 0.466. The van der Waals surface area contributed by atoms with Crippen molar-refractivity contribution in [1.29, 1.82) is 0 Å². The highest BCUT2D eigenvalue weighted by molar-refractivity contribution is 7.89. The maximum atomic E-state index is 12.8. The number of pyridine rings is 2. The van der Waals surface area contributed by atoms with Crippen molar-refractivity contribution < 1.29 is 8.42 Å². The zero-order valence-electron chi connectivity index (χ0n) is 13.9. The number of nitrogens with zero attached hydrogens (tertiary/aromatic N) is 2. The van der Waals surface area contributed by atoms with Crippen molar-refractivity contribution in [2.45, 2.75) is 18.4 Å². The Balaban J connectivity index is 1.95. The third kappa shape index (κ3) is 3.40. The van der Waals surface area contributed by atoms with E-state index in [1.165, 1.54) is 17.4 Å². The Labute approximate surface area is 145 Å². The van der Waals surface area contributed by atoms with E-state index in [2.05, 4.69) is 9.97 Å². The van der Waals surface area contributed by atoms with Crippen LogP contribution in [-0.4, -0.2) is 29.7 Å². The molecule has 130 valence electrons. The summed E-state index contributed by atoms with van der Waals surface area (Å²) in [6.45, 7) is 1.86. The molecular weight excluding hydrogens is 340 g/mol. The number of aromatic nitrogens is 2. The molecule has 7 nitrogen and oxygen atoms in total. The summed E-state index contributed by atoms with van der Waals surface area (Å²) in [5, 5.41) is 0.667. The molecule has 2 heterocycles. The van der Waals surface area contributed by atoms with Gasteiger partial charge in [0.15, 0.2) is 0 Å². The monoisotopic (exact) mass is 358 g/mol. The predicted molar refractivity (Wildman–Crippen MR) is 96.6 cm³/mol. The average molecular weight is 358 g/mol. The number of benzene rings is 1. The normalized spacial score (nSPS) is 12.0. The standard InChI is InChI=1S/C17H18N4O3S/c1-11-7-13-8-14(4-5-15(13)20-17(11)22)25(23,24)21(2)10-12-3-6-16(18)19-9-12/h3-9H,10H2,1-2H3,(H2,18,19)(H,20,22). The zero-order chi connectivity index (χ0) is 18.2. The molecule has 0 saturated heterocycles. The number of fused-ring (bicyclic) bond motifs is 1. The van der Waals surface area contributed by atoms with Gasteiger partial charge in [0.05, 0.1) is 4.90 Å². The van der Waals surface area contributed by atoms with E-state index in [9.17, 15) is 13.2 Å². The topological polar surface area (TPSA) is 109 Å². The Morgan fingerprint density at radius 3 is 2.64 bits per heavy atom. The van der Waals surface area contributed by atoms with Gasteiger partial charge in [-0.25, -0.2) is 13.4 Å². The maximum absolute atomic E-state index is 12.8. The van der Waals surface area contributed by atoms with Gasteiger partial charge >= 0.3 is 0 Å². The van der Waals surface area contributed by atoms with Crippen LogP contribution in [0.15, 0.2) is 52.3 Å². The number of nitrogens with one attached hydrogen (secondary N) is 1. The van der Waals surface area contributed by atoms with E-state index < -0.39 is 10.0 Å². The van der Waals surface area contributed by atoms with Gasteiger partial charge in [-0.05, 0) is 48.2 Å². The van der Waals surface area contributed by atoms with Crippen molar-refractivity contribution in [3.63, 3.8) is 0 Å². The third-order valence-electron chi connectivity index (χ3n) is 3.96. The van der Waals surface area contributed by atoms with Crippen LogP contribution in [0.2, 0.25) is 0 Å². The number of hydrogen-bond acceptors (Lipinski definition) is 5. The summed E-state index contributed by atoms with van der Waals surface area (Å²) in [5.41, 5.74) is 7.22. The smallest absolute Gasteiger partial charge is 0.251 e. The van der Waals surface area contributed by atoms with Crippen molar-refractivity contribution in [1.82, 2.24) is 14.3 Å². The number of nitrogens with two attached hydrogens (primary N) is 1. The molecule has 0 aliphatic rings. The van der Waals surface area contributed by atoms with Crippen LogP contribution in [0.3, 0.4) is 0 Å². The van der Waals surface area contributed by atoms with Crippen LogP contribution in [0.1, 0.15) is 11.1 Å². The molecule has 0 radical (unpaired) electrons. The summed E-state index contributed by atoms with van der Waals surface area (Å²) < 4.78 is 26.9. The first-order valence-corrected chi connectivity index (χ1v) is 9.02. The molecular formula is C17H18N4O3S. The van der Waals surface area contributed by atoms with Crippen LogP contribution >= 0.6 is 0 Å². The summed E-state index contributed by atoms with van der Waals surface area (Å²) in [6, 6.07) is 9.69. The molecule has 0 spiro atoms. The van der Waals surface area contributed by atoms with Crippen LogP contribution in [0, 0.1) is 6.92 Å². The molecule has 1 aromatic carbocycles. The fourth-order valence-corrected chi connectivity index (χ4v) is 3.70. The van der Waals surface area contributed by atoms with Crippen LogP contribution in [0.4, 0.5) is 5.82 Å². The maximum Gasteiger partial charge on any atom is 0.251 e. The Morgan fingerprint density at radius 1 is 1.20 bits per heavy atom. The van der Waals surface area contributed by atoms with E-state index in [0.29, 0.717) is 22.3 Å². The lowest BCUT2D eigenvalue weighted by Gasteiger charge is -2.17. The van der Waals surface area contributed by atoms with Gasteiger partial charge in [0.1, 0.15) is 5.82 Å². The number of sulfonamides is 1. The molecule has 3 rings (SSSR count). The molecule has 3 aromatic rings. The van der Waals surface area contributed by atoms with Crippen molar-refractivity contribution in [3.8, 4) is 0 Å². The van der Waals surface area contributed by atoms with E-state index in [4.69, 9.17) is 5.73 Å². The fourth-order valence-electron chi connectivity index (χ4n) is 2.51. The van der Waals surface area contributed by atoms with E-state index >= 15 is 0 Å². The molecule has 0 amide bonds. The second-order valence-electron chi connectivity index (χ2n) is 5.88. The number of nitrogen functional groups attached to an aromatic ring is 1. The highest BCUT2D eigenvalue weighted by atomic mass is 32.2. The summed E-state index contributed by atoms with van der Waals surface area (Å²) in [7, 11) is -2.17. The SMILES string of the molecule is Cc1cc2cc(S(=O)(=O)N(C)Cc3ccc(N)nc3)ccc2[nH]c1=O. The highest BCUT2D eigenvalue weighted by Crippen LogP contribution is 2.21. The van der Waals surface area contributed by atoms with Crippen molar-refractivity contribution >= 4 is 26.7 Å². The second kappa shape index (κ2) is 6.30. The summed E-state index contributed by atoms with van der Waals surface area (Å²) in [6.07, 6.45) is 1.55. The van der Waals surface area contributed by atoms with Gasteiger partial charge in [0.25, 0.3) is 5.56 Å². The van der Waals surface area contributed by atoms with Gasteiger partial charge in [0, 0.05) is 30.9 Å². The van der Waals surface area contributed by atoms with Gasteiger partial charge in [-0.2, -0.15) is 4.31 Å². The number of H-pyrrole nitrogens is 1. The van der Waals surface area contributed by atoms with Crippen molar-refractivity contribution in [2.75, 3.05) is 12.8 Å². The molecule has 0 atom stereocenters. The number of aromatic amines is 1. The molecule has 8 heteroatoms. The lowest BCUT2D eigenvalue weighted by atomic mass is 10.2. The van der Waals surface area contributed by atoms with Crippen molar-refractivity contribution in [3.05, 3.63) is 64.1 Å². The van der Waals surface area contributed by atoms with Crippen LogP contribution < -0.4 is 11.3 Å². The van der Waals surface area contributed by atoms with E-state index in [1.807, 2.05) is 0 Å². The molecule has 0 aliphatic carbocycles. The Hall–Kier alpha value is -2.71. The summed E-state index contributed by atoms with van der Waals surface area (Å²) >= 11 is 0. The van der Waals surface area contributed by atoms with Gasteiger partial charge in [-0.15, -0.1) is 0 Å². The molecule has 0 fully saturated rings. The molecule has 0 unspecified atom stereocenters. The summed E-state index contributed by atoms with van der Waals surface area (Å²) in [5.74, 6) is 0.383. The van der Waals surface area contributed by atoms with Crippen LogP contribution in [0.25, 0.3) is 10.9 Å². The zero-order valence-corrected chi connectivity index (χ0v) is 14.7. The highest BCUT2D eigenvalue weighted by Gasteiger charge is 2.21. The largest absolute Gasteiger partial charge is 0.384 e. The first kappa shape index (κ1) is 17.1.